The molecule has 0 radical (unpaired) electrons. The van der Waals surface area contributed by atoms with E-state index >= 15 is 0 Å². The van der Waals surface area contributed by atoms with Gasteiger partial charge in [0.2, 0.25) is 0 Å². The molecule has 0 unspecified atom stereocenters. The van der Waals surface area contributed by atoms with Crippen LogP contribution in [0.25, 0.3) is 0 Å². The van der Waals surface area contributed by atoms with Gasteiger partial charge in [-0.05, 0) is 26.7 Å². The summed E-state index contributed by atoms with van der Waals surface area (Å²) in [5.74, 6) is 0.765. The van der Waals surface area contributed by atoms with E-state index in [-0.39, 0.29) is 17.5 Å². The van der Waals surface area contributed by atoms with Gasteiger partial charge in [0, 0.05) is 6.04 Å². The summed E-state index contributed by atoms with van der Waals surface area (Å²) in [6, 6.07) is 0.217. The number of nitrogens with zero attached hydrogens (tertiary/aromatic N) is 1. The van der Waals surface area contributed by atoms with Crippen molar-refractivity contribution in [2.75, 3.05) is 0 Å². The van der Waals surface area contributed by atoms with Crippen LogP contribution in [0.2, 0.25) is 0 Å². The first-order chi connectivity index (χ1) is 6.62. The Bertz CT molecular complexity index is 277. The van der Waals surface area contributed by atoms with Crippen LogP contribution in [-0.2, 0) is 4.79 Å². The van der Waals surface area contributed by atoms with E-state index in [1.165, 1.54) is 0 Å². The van der Waals surface area contributed by atoms with Crippen molar-refractivity contribution in [3.63, 3.8) is 0 Å². The first kappa shape index (κ1) is 9.49. The fourth-order valence-electron chi connectivity index (χ4n) is 2.20. The average Bonchev–Trinajstić information content (AvgIpc) is 2.62. The molecule has 14 heavy (non-hydrogen) atoms. The maximum absolute atomic E-state index is 11.7. The largest absolute Gasteiger partial charge is 0.342 e. The van der Waals surface area contributed by atoms with Gasteiger partial charge in [-0.25, -0.2) is 0 Å². The molecular formula is C10H17N3O. The highest BCUT2D eigenvalue weighted by Crippen LogP contribution is 2.31. The second kappa shape index (κ2) is 3.26. The molecule has 1 saturated heterocycles. The second-order valence-corrected chi connectivity index (χ2v) is 4.44. The predicted molar refractivity (Wildman–Crippen MR) is 55.0 cm³/mol. The van der Waals surface area contributed by atoms with Crippen LogP contribution in [0.3, 0.4) is 0 Å². The molecule has 4 heteroatoms. The number of rotatable bonds is 1. The fraction of sp³-hybridized carbons (Fsp3) is 0.800. The lowest BCUT2D eigenvalue weighted by molar-refractivity contribution is -0.123. The van der Waals surface area contributed by atoms with E-state index < -0.39 is 0 Å². The summed E-state index contributed by atoms with van der Waals surface area (Å²) in [5, 5.41) is 6.05. The number of carbonyl (C=O) groups is 1. The molecule has 0 aromatic heterocycles. The van der Waals surface area contributed by atoms with E-state index in [0.29, 0.717) is 5.96 Å². The molecule has 0 bridgehead atoms. The Morgan fingerprint density at radius 2 is 2.00 bits per heavy atom. The van der Waals surface area contributed by atoms with Gasteiger partial charge in [0.25, 0.3) is 5.91 Å². The van der Waals surface area contributed by atoms with E-state index in [9.17, 15) is 4.79 Å². The van der Waals surface area contributed by atoms with E-state index in [1.54, 1.807) is 0 Å². The quantitative estimate of drug-likeness (QED) is 0.649. The van der Waals surface area contributed by atoms with E-state index in [4.69, 9.17) is 0 Å². The molecule has 0 aromatic carbocycles. The Labute approximate surface area is 84.2 Å². The smallest absolute Gasteiger partial charge is 0.252 e. The highest BCUT2D eigenvalue weighted by atomic mass is 16.2. The maximum Gasteiger partial charge on any atom is 0.252 e. The molecule has 2 aliphatic rings. The summed E-state index contributed by atoms with van der Waals surface area (Å²) < 4.78 is 0. The van der Waals surface area contributed by atoms with Crippen LogP contribution >= 0.6 is 0 Å². The zero-order valence-corrected chi connectivity index (χ0v) is 8.76. The second-order valence-electron chi connectivity index (χ2n) is 4.44. The standard InChI is InChI=1S/C10H17N3O/c1-7(2)11-9-12-8(14)10(13-9)5-3-4-6-10/h7H,3-6H2,1-2H3,(H2,11,12,13,14). The molecule has 2 fully saturated rings. The Morgan fingerprint density at radius 3 is 2.57 bits per heavy atom. The molecule has 1 amide bonds. The van der Waals surface area contributed by atoms with Crippen LogP contribution in [0.4, 0.5) is 0 Å². The zero-order valence-electron chi connectivity index (χ0n) is 8.76. The molecule has 1 spiro atoms. The monoisotopic (exact) mass is 195 g/mol. The summed E-state index contributed by atoms with van der Waals surface area (Å²) in [4.78, 5) is 16.1. The number of nitrogens with one attached hydrogen (secondary N) is 2. The number of aliphatic imine (C=N–C) groups is 1. The van der Waals surface area contributed by atoms with Crippen molar-refractivity contribution in [3.05, 3.63) is 0 Å². The Balaban J connectivity index is 2.14. The lowest BCUT2D eigenvalue weighted by atomic mass is 9.99. The zero-order chi connectivity index (χ0) is 10.2. The van der Waals surface area contributed by atoms with E-state index in [2.05, 4.69) is 15.6 Å². The molecule has 1 heterocycles. The van der Waals surface area contributed by atoms with E-state index in [0.717, 1.165) is 25.7 Å². The van der Waals surface area contributed by atoms with Gasteiger partial charge in [0.05, 0.1) is 0 Å². The maximum atomic E-state index is 11.7. The summed E-state index contributed by atoms with van der Waals surface area (Å²) in [6.45, 7) is 4.00. The van der Waals surface area contributed by atoms with Crippen molar-refractivity contribution in [2.24, 2.45) is 4.99 Å². The molecule has 1 aliphatic carbocycles. The van der Waals surface area contributed by atoms with Gasteiger partial charge in [0.15, 0.2) is 5.96 Å². The van der Waals surface area contributed by atoms with Crippen LogP contribution < -0.4 is 10.6 Å². The predicted octanol–water partition coefficient (Wildman–Crippen LogP) is 0.783. The van der Waals surface area contributed by atoms with Crippen molar-refractivity contribution >= 4 is 11.9 Å². The first-order valence-electron chi connectivity index (χ1n) is 5.30. The number of hydrogen-bond donors (Lipinski definition) is 2. The lowest BCUT2D eigenvalue weighted by Gasteiger charge is -2.18. The van der Waals surface area contributed by atoms with Gasteiger partial charge in [-0.2, -0.15) is 0 Å². The molecule has 0 atom stereocenters. The number of hydrogen-bond acceptors (Lipinski definition) is 2. The summed E-state index contributed by atoms with van der Waals surface area (Å²) in [5.41, 5.74) is -0.326. The average molecular weight is 195 g/mol. The minimum absolute atomic E-state index is 0.106. The number of carbonyl (C=O) groups excluding carboxylic acids is 1. The molecule has 78 valence electrons. The van der Waals surface area contributed by atoms with Crippen molar-refractivity contribution in [3.8, 4) is 0 Å². The first-order valence-corrected chi connectivity index (χ1v) is 5.30. The molecule has 2 rings (SSSR count). The highest BCUT2D eigenvalue weighted by molar-refractivity contribution is 6.09. The van der Waals surface area contributed by atoms with Crippen LogP contribution in [0, 0.1) is 0 Å². The van der Waals surface area contributed by atoms with E-state index in [1.807, 2.05) is 13.8 Å². The minimum Gasteiger partial charge on any atom is -0.342 e. The number of guanidine groups is 1. The van der Waals surface area contributed by atoms with Gasteiger partial charge in [0.1, 0.15) is 5.54 Å². The Morgan fingerprint density at radius 1 is 1.36 bits per heavy atom. The van der Waals surface area contributed by atoms with Crippen molar-refractivity contribution in [1.82, 2.24) is 10.6 Å². The van der Waals surface area contributed by atoms with Crippen LogP contribution in [0.5, 0.6) is 0 Å². The molecule has 4 nitrogen and oxygen atoms in total. The van der Waals surface area contributed by atoms with Crippen LogP contribution in [0.1, 0.15) is 39.5 Å². The van der Waals surface area contributed by atoms with Crippen LogP contribution in [0.15, 0.2) is 4.99 Å². The van der Waals surface area contributed by atoms with Gasteiger partial charge >= 0.3 is 0 Å². The summed E-state index contributed by atoms with van der Waals surface area (Å²) in [7, 11) is 0. The van der Waals surface area contributed by atoms with Crippen LogP contribution in [-0.4, -0.2) is 23.4 Å². The van der Waals surface area contributed by atoms with Gasteiger partial charge < -0.3 is 5.32 Å². The topological polar surface area (TPSA) is 53.5 Å². The molecule has 1 aliphatic heterocycles. The van der Waals surface area contributed by atoms with Gasteiger partial charge in [-0.1, -0.05) is 12.8 Å². The third-order valence-electron chi connectivity index (χ3n) is 2.87. The molecule has 0 aromatic rings. The fourth-order valence-corrected chi connectivity index (χ4v) is 2.20. The molecule has 1 saturated carbocycles. The van der Waals surface area contributed by atoms with Crippen molar-refractivity contribution in [2.45, 2.75) is 51.1 Å². The molecular weight excluding hydrogens is 178 g/mol. The Kier molecular flexibility index (Phi) is 2.21. The van der Waals surface area contributed by atoms with Gasteiger partial charge in [-0.3, -0.25) is 15.1 Å². The lowest BCUT2D eigenvalue weighted by Crippen LogP contribution is -2.44. The van der Waals surface area contributed by atoms with Crippen molar-refractivity contribution in [1.29, 1.82) is 0 Å². The normalized spacial score (nSPS) is 27.4. The molecule has 2 N–H and O–H groups in total. The summed E-state index contributed by atoms with van der Waals surface area (Å²) >= 11 is 0. The minimum atomic E-state index is -0.326. The summed E-state index contributed by atoms with van der Waals surface area (Å²) in [6.07, 6.45) is 4.15. The Hall–Kier alpha value is -1.06. The van der Waals surface area contributed by atoms with Gasteiger partial charge in [-0.15, -0.1) is 0 Å². The van der Waals surface area contributed by atoms with Crippen molar-refractivity contribution < 1.29 is 4.79 Å². The number of amides is 1. The third kappa shape index (κ3) is 1.49. The highest BCUT2D eigenvalue weighted by Gasteiger charge is 2.46. The SMILES string of the molecule is CC(C)N=C1NC(=O)C2(CCCC2)N1. The third-order valence-corrected chi connectivity index (χ3v) is 2.87.